The van der Waals surface area contributed by atoms with Crippen molar-refractivity contribution in [2.45, 2.75) is 33.1 Å². The molecule has 0 bridgehead atoms. The number of hydrogen-bond donors (Lipinski definition) is 0. The van der Waals surface area contributed by atoms with Crippen molar-refractivity contribution >= 4 is 11.7 Å². The summed E-state index contributed by atoms with van der Waals surface area (Å²) >= 11 is 0. The molecule has 1 atom stereocenters. The van der Waals surface area contributed by atoms with Gasteiger partial charge >= 0.3 is 5.97 Å². The maximum Gasteiger partial charge on any atom is 0.309 e. The average molecular weight is 265 g/mol. The number of carbonyl (C=O) groups excluding carboxylic acids is 1. The molecule has 1 aromatic carbocycles. The Balaban J connectivity index is 2.73. The molecule has 0 amide bonds. The molecule has 5 heteroatoms. The summed E-state index contributed by atoms with van der Waals surface area (Å²) in [4.78, 5) is 21.9. The third-order valence-corrected chi connectivity index (χ3v) is 2.89. The van der Waals surface area contributed by atoms with E-state index in [-0.39, 0.29) is 17.6 Å². The minimum absolute atomic E-state index is 0.0620. The van der Waals surface area contributed by atoms with Crippen LogP contribution in [0.1, 0.15) is 32.3 Å². The van der Waals surface area contributed by atoms with Crippen molar-refractivity contribution in [2.75, 3.05) is 6.61 Å². The van der Waals surface area contributed by atoms with Gasteiger partial charge in [-0.25, -0.2) is 0 Å². The van der Waals surface area contributed by atoms with E-state index < -0.39 is 4.92 Å². The molecule has 0 saturated carbocycles. The molecule has 104 valence electrons. The van der Waals surface area contributed by atoms with E-state index >= 15 is 0 Å². The number of nitro benzene ring substituents is 1. The van der Waals surface area contributed by atoms with E-state index in [1.54, 1.807) is 19.1 Å². The third kappa shape index (κ3) is 4.69. The molecule has 1 rings (SSSR count). The second-order valence-corrected chi connectivity index (χ2v) is 4.37. The number of ether oxygens (including phenoxy) is 1. The van der Waals surface area contributed by atoms with E-state index in [1.165, 1.54) is 12.1 Å². The summed E-state index contributed by atoms with van der Waals surface area (Å²) in [7, 11) is 0. The van der Waals surface area contributed by atoms with Crippen molar-refractivity contribution in [2.24, 2.45) is 5.92 Å². The molecule has 0 saturated heterocycles. The van der Waals surface area contributed by atoms with Gasteiger partial charge in [-0.1, -0.05) is 25.5 Å². The van der Waals surface area contributed by atoms with Crippen LogP contribution in [-0.4, -0.2) is 17.5 Å². The predicted molar refractivity (Wildman–Crippen MR) is 71.8 cm³/mol. The maximum atomic E-state index is 11.8. The van der Waals surface area contributed by atoms with Gasteiger partial charge in [0, 0.05) is 12.1 Å². The van der Waals surface area contributed by atoms with E-state index in [9.17, 15) is 14.9 Å². The van der Waals surface area contributed by atoms with Gasteiger partial charge in [-0.15, -0.1) is 0 Å². The van der Waals surface area contributed by atoms with E-state index in [0.717, 1.165) is 18.4 Å². The molecule has 0 aromatic heterocycles. The lowest BCUT2D eigenvalue weighted by atomic mass is 9.95. The molecule has 0 aliphatic carbocycles. The van der Waals surface area contributed by atoms with Gasteiger partial charge in [0.15, 0.2) is 0 Å². The zero-order valence-electron chi connectivity index (χ0n) is 11.3. The van der Waals surface area contributed by atoms with Crippen LogP contribution in [-0.2, 0) is 16.0 Å². The summed E-state index contributed by atoms with van der Waals surface area (Å²) in [6, 6.07) is 6.31. The number of non-ortho nitro benzene ring substituents is 1. The van der Waals surface area contributed by atoms with Crippen LogP contribution in [0, 0.1) is 16.0 Å². The Morgan fingerprint density at radius 3 is 2.42 bits per heavy atom. The summed E-state index contributed by atoms with van der Waals surface area (Å²) in [5.41, 5.74) is 0.976. The summed E-state index contributed by atoms with van der Waals surface area (Å²) in [5, 5.41) is 10.6. The second-order valence-electron chi connectivity index (χ2n) is 4.37. The predicted octanol–water partition coefficient (Wildman–Crippen LogP) is 3.12. The Morgan fingerprint density at radius 2 is 1.95 bits per heavy atom. The lowest BCUT2D eigenvalue weighted by molar-refractivity contribution is -0.384. The Morgan fingerprint density at radius 1 is 1.32 bits per heavy atom. The van der Waals surface area contributed by atoms with Crippen molar-refractivity contribution in [1.29, 1.82) is 0 Å². The first-order chi connectivity index (χ1) is 9.08. The second kappa shape index (κ2) is 7.51. The minimum Gasteiger partial charge on any atom is -0.466 e. The number of hydrogen-bond acceptors (Lipinski definition) is 4. The van der Waals surface area contributed by atoms with Gasteiger partial charge in [-0.3, -0.25) is 14.9 Å². The normalized spacial score (nSPS) is 11.9. The van der Waals surface area contributed by atoms with Gasteiger partial charge < -0.3 is 4.74 Å². The largest absolute Gasteiger partial charge is 0.466 e. The quantitative estimate of drug-likeness (QED) is 0.431. The summed E-state index contributed by atoms with van der Waals surface area (Å²) in [5.74, 6) is -0.367. The Labute approximate surface area is 112 Å². The number of benzene rings is 1. The standard InChI is InChI=1S/C14H19NO4/c1-3-5-12(14(16)19-4-2)10-11-6-8-13(9-7-11)15(17)18/h6-9,12H,3-5,10H2,1-2H3/t12-/m0/s1. The summed E-state index contributed by atoms with van der Waals surface area (Å²) in [6.07, 6.45) is 2.22. The van der Waals surface area contributed by atoms with Crippen LogP contribution >= 0.6 is 0 Å². The van der Waals surface area contributed by atoms with Gasteiger partial charge in [-0.2, -0.15) is 0 Å². The van der Waals surface area contributed by atoms with Crippen molar-refractivity contribution < 1.29 is 14.5 Å². The molecule has 0 radical (unpaired) electrons. The molecular formula is C14H19NO4. The highest BCUT2D eigenvalue weighted by atomic mass is 16.6. The van der Waals surface area contributed by atoms with Gasteiger partial charge in [0.1, 0.15) is 0 Å². The topological polar surface area (TPSA) is 69.4 Å². The SMILES string of the molecule is CCC[C@@H](Cc1ccc([N+](=O)[O-])cc1)C(=O)OCC. The number of nitro groups is 1. The molecule has 1 aromatic rings. The highest BCUT2D eigenvalue weighted by Gasteiger charge is 2.19. The van der Waals surface area contributed by atoms with E-state index in [2.05, 4.69) is 0 Å². The molecule has 0 spiro atoms. The Bertz CT molecular complexity index is 428. The average Bonchev–Trinajstić information content (AvgIpc) is 2.39. The van der Waals surface area contributed by atoms with Crippen LogP contribution < -0.4 is 0 Å². The highest BCUT2D eigenvalue weighted by molar-refractivity contribution is 5.72. The van der Waals surface area contributed by atoms with E-state index in [1.807, 2.05) is 6.92 Å². The first-order valence-corrected chi connectivity index (χ1v) is 6.48. The number of carbonyl (C=O) groups is 1. The van der Waals surface area contributed by atoms with Gasteiger partial charge in [0.2, 0.25) is 0 Å². The number of nitrogens with zero attached hydrogens (tertiary/aromatic N) is 1. The van der Waals surface area contributed by atoms with Gasteiger partial charge in [-0.05, 0) is 25.3 Å². The molecule has 5 nitrogen and oxygen atoms in total. The minimum atomic E-state index is -0.432. The molecule has 0 aliphatic rings. The molecule has 0 aliphatic heterocycles. The van der Waals surface area contributed by atoms with Crippen LogP contribution in [0.4, 0.5) is 5.69 Å². The molecule has 0 fully saturated rings. The maximum absolute atomic E-state index is 11.8. The lowest BCUT2D eigenvalue weighted by Crippen LogP contribution is -2.20. The first kappa shape index (κ1) is 15.1. The monoisotopic (exact) mass is 265 g/mol. The van der Waals surface area contributed by atoms with E-state index in [4.69, 9.17) is 4.74 Å². The fourth-order valence-electron chi connectivity index (χ4n) is 1.95. The van der Waals surface area contributed by atoms with Crippen LogP contribution in [0.5, 0.6) is 0 Å². The molecule has 0 N–H and O–H groups in total. The molecule has 0 unspecified atom stereocenters. The fourth-order valence-corrected chi connectivity index (χ4v) is 1.95. The smallest absolute Gasteiger partial charge is 0.309 e. The van der Waals surface area contributed by atoms with Gasteiger partial charge in [0.25, 0.3) is 5.69 Å². The van der Waals surface area contributed by atoms with Crippen LogP contribution in [0.3, 0.4) is 0 Å². The van der Waals surface area contributed by atoms with Crippen molar-refractivity contribution in [3.8, 4) is 0 Å². The summed E-state index contributed by atoms with van der Waals surface area (Å²) in [6.45, 7) is 4.17. The zero-order chi connectivity index (χ0) is 14.3. The molecule has 0 heterocycles. The van der Waals surface area contributed by atoms with Crippen LogP contribution in [0.2, 0.25) is 0 Å². The van der Waals surface area contributed by atoms with Crippen LogP contribution in [0.25, 0.3) is 0 Å². The molecule has 19 heavy (non-hydrogen) atoms. The van der Waals surface area contributed by atoms with Crippen molar-refractivity contribution in [1.82, 2.24) is 0 Å². The van der Waals surface area contributed by atoms with Crippen molar-refractivity contribution in [3.05, 3.63) is 39.9 Å². The Kier molecular flexibility index (Phi) is 5.99. The number of esters is 1. The van der Waals surface area contributed by atoms with E-state index in [0.29, 0.717) is 13.0 Å². The van der Waals surface area contributed by atoms with Gasteiger partial charge in [0.05, 0.1) is 17.4 Å². The third-order valence-electron chi connectivity index (χ3n) is 2.89. The zero-order valence-corrected chi connectivity index (χ0v) is 11.3. The highest BCUT2D eigenvalue weighted by Crippen LogP contribution is 2.18. The fraction of sp³-hybridized carbons (Fsp3) is 0.500. The molecular weight excluding hydrogens is 246 g/mol. The van der Waals surface area contributed by atoms with Crippen LogP contribution in [0.15, 0.2) is 24.3 Å². The summed E-state index contributed by atoms with van der Waals surface area (Å²) < 4.78 is 5.04. The lowest BCUT2D eigenvalue weighted by Gasteiger charge is -2.14. The number of rotatable bonds is 7. The van der Waals surface area contributed by atoms with Crippen molar-refractivity contribution in [3.63, 3.8) is 0 Å². The Hall–Kier alpha value is -1.91. The first-order valence-electron chi connectivity index (χ1n) is 6.48.